The van der Waals surface area contributed by atoms with Gasteiger partial charge in [-0.1, -0.05) is 17.7 Å². The summed E-state index contributed by atoms with van der Waals surface area (Å²) in [6.45, 7) is 0. The molecule has 1 aromatic heterocycles. The molecule has 2 N–H and O–H groups in total. The molecule has 1 aliphatic rings. The second kappa shape index (κ2) is 9.99. The van der Waals surface area contributed by atoms with E-state index in [-0.39, 0.29) is 45.1 Å². The Morgan fingerprint density at radius 1 is 1.00 bits per heavy atom. The molecular formula is C27H15ClF5N3O3. The van der Waals surface area contributed by atoms with Gasteiger partial charge in [-0.05, 0) is 48.5 Å². The van der Waals surface area contributed by atoms with Crippen molar-refractivity contribution in [2.45, 2.75) is 12.2 Å². The van der Waals surface area contributed by atoms with Gasteiger partial charge < -0.3 is 15.4 Å². The van der Waals surface area contributed by atoms with Crippen LogP contribution in [-0.4, -0.2) is 16.8 Å². The SMILES string of the molecule is O=C(Nc1cc(Oc2ccccn2)cc2c1C(c1cc(F)ccc1Cl)NC2=O)c1cc(F)cc(C(F)(F)F)c1. The monoisotopic (exact) mass is 559 g/mol. The van der Waals surface area contributed by atoms with E-state index in [0.29, 0.717) is 12.1 Å². The Morgan fingerprint density at radius 2 is 1.79 bits per heavy atom. The molecule has 1 unspecified atom stereocenters. The molecule has 0 aliphatic carbocycles. The lowest BCUT2D eigenvalue weighted by atomic mass is 9.95. The van der Waals surface area contributed by atoms with Crippen molar-refractivity contribution in [3.8, 4) is 11.6 Å². The second-order valence-corrected chi connectivity index (χ2v) is 8.86. The van der Waals surface area contributed by atoms with E-state index in [0.717, 1.165) is 12.1 Å². The lowest BCUT2D eigenvalue weighted by Gasteiger charge is -2.19. The number of nitrogens with one attached hydrogen (secondary N) is 2. The minimum absolute atomic E-state index is 0.0271. The van der Waals surface area contributed by atoms with E-state index >= 15 is 0 Å². The topological polar surface area (TPSA) is 80.3 Å². The summed E-state index contributed by atoms with van der Waals surface area (Å²) in [6, 6.07) is 11.4. The number of benzene rings is 3. The first-order chi connectivity index (χ1) is 18.5. The van der Waals surface area contributed by atoms with E-state index in [4.69, 9.17) is 16.3 Å². The Hall–Kier alpha value is -4.51. The van der Waals surface area contributed by atoms with E-state index in [9.17, 15) is 31.5 Å². The van der Waals surface area contributed by atoms with Crippen molar-refractivity contribution in [2.75, 3.05) is 5.32 Å². The Kier molecular flexibility index (Phi) is 6.69. The molecule has 6 nitrogen and oxygen atoms in total. The summed E-state index contributed by atoms with van der Waals surface area (Å²) >= 11 is 6.27. The van der Waals surface area contributed by atoms with Crippen molar-refractivity contribution in [2.24, 2.45) is 0 Å². The zero-order valence-corrected chi connectivity index (χ0v) is 20.2. The smallest absolute Gasteiger partial charge is 0.416 e. The fourth-order valence-electron chi connectivity index (χ4n) is 4.15. The first-order valence-corrected chi connectivity index (χ1v) is 11.6. The van der Waals surface area contributed by atoms with E-state index < -0.39 is 46.8 Å². The highest BCUT2D eigenvalue weighted by molar-refractivity contribution is 6.31. The van der Waals surface area contributed by atoms with Gasteiger partial charge in [0.2, 0.25) is 5.88 Å². The van der Waals surface area contributed by atoms with Crippen LogP contribution in [0.15, 0.2) is 72.9 Å². The van der Waals surface area contributed by atoms with Crippen molar-refractivity contribution < 1.29 is 36.3 Å². The van der Waals surface area contributed by atoms with Crippen molar-refractivity contribution in [3.63, 3.8) is 0 Å². The molecule has 2 amide bonds. The highest BCUT2D eigenvalue weighted by atomic mass is 35.5. The number of rotatable bonds is 5. The molecule has 0 bridgehead atoms. The number of nitrogens with zero attached hydrogens (tertiary/aromatic N) is 1. The van der Waals surface area contributed by atoms with Gasteiger partial charge in [-0.25, -0.2) is 13.8 Å². The van der Waals surface area contributed by atoms with Gasteiger partial charge in [-0.3, -0.25) is 9.59 Å². The molecule has 39 heavy (non-hydrogen) atoms. The van der Waals surface area contributed by atoms with Crippen LogP contribution in [0.3, 0.4) is 0 Å². The number of amides is 2. The van der Waals surface area contributed by atoms with Crippen LogP contribution in [0.2, 0.25) is 5.02 Å². The maximum Gasteiger partial charge on any atom is 0.416 e. The number of aromatic nitrogens is 1. The van der Waals surface area contributed by atoms with Crippen LogP contribution in [-0.2, 0) is 6.18 Å². The first-order valence-electron chi connectivity index (χ1n) is 11.2. The predicted molar refractivity (Wildman–Crippen MR) is 131 cm³/mol. The summed E-state index contributed by atoms with van der Waals surface area (Å²) < 4.78 is 73.4. The van der Waals surface area contributed by atoms with E-state index in [1.54, 1.807) is 12.1 Å². The number of pyridine rings is 1. The lowest BCUT2D eigenvalue weighted by molar-refractivity contribution is -0.137. The quantitative estimate of drug-likeness (QED) is 0.260. The van der Waals surface area contributed by atoms with Gasteiger partial charge in [0.1, 0.15) is 17.4 Å². The zero-order valence-electron chi connectivity index (χ0n) is 19.4. The molecule has 12 heteroatoms. The minimum Gasteiger partial charge on any atom is -0.439 e. The van der Waals surface area contributed by atoms with Crippen molar-refractivity contribution in [1.29, 1.82) is 0 Å². The molecule has 4 aromatic rings. The molecule has 0 saturated heterocycles. The van der Waals surface area contributed by atoms with Crippen LogP contribution in [0.1, 0.15) is 43.4 Å². The molecule has 1 atom stereocenters. The van der Waals surface area contributed by atoms with Crippen LogP contribution in [0, 0.1) is 11.6 Å². The van der Waals surface area contributed by atoms with Gasteiger partial charge in [0, 0.05) is 40.0 Å². The lowest BCUT2D eigenvalue weighted by Crippen LogP contribution is -2.21. The molecule has 198 valence electrons. The number of anilines is 1. The first kappa shape index (κ1) is 26.1. The molecule has 1 aliphatic heterocycles. The third-order valence-electron chi connectivity index (χ3n) is 5.83. The Labute approximate surface area is 222 Å². The summed E-state index contributed by atoms with van der Waals surface area (Å²) in [7, 11) is 0. The average Bonchev–Trinajstić information content (AvgIpc) is 3.21. The summed E-state index contributed by atoms with van der Waals surface area (Å²) in [5, 5.41) is 5.22. The van der Waals surface area contributed by atoms with Crippen LogP contribution in [0.25, 0.3) is 0 Å². The van der Waals surface area contributed by atoms with Crippen molar-refractivity contribution >= 4 is 29.1 Å². The number of carbonyl (C=O) groups is 2. The molecule has 0 fully saturated rings. The molecule has 0 spiro atoms. The number of hydrogen-bond donors (Lipinski definition) is 2. The Balaban J connectivity index is 1.62. The molecular weight excluding hydrogens is 545 g/mol. The summed E-state index contributed by atoms with van der Waals surface area (Å²) in [5.41, 5.74) is -1.69. The van der Waals surface area contributed by atoms with Crippen molar-refractivity contribution in [1.82, 2.24) is 10.3 Å². The fourth-order valence-corrected chi connectivity index (χ4v) is 4.37. The number of fused-ring (bicyclic) bond motifs is 1. The van der Waals surface area contributed by atoms with Gasteiger partial charge >= 0.3 is 6.18 Å². The fraction of sp³-hybridized carbons (Fsp3) is 0.0741. The van der Waals surface area contributed by atoms with Crippen LogP contribution in [0.4, 0.5) is 27.6 Å². The molecule has 0 radical (unpaired) electrons. The highest BCUT2D eigenvalue weighted by Gasteiger charge is 2.36. The number of carbonyl (C=O) groups excluding carboxylic acids is 2. The third kappa shape index (κ3) is 5.39. The maximum absolute atomic E-state index is 14.1. The normalized spacial score (nSPS) is 14.5. The van der Waals surface area contributed by atoms with Gasteiger partial charge in [-0.15, -0.1) is 0 Å². The third-order valence-corrected chi connectivity index (χ3v) is 6.17. The Bertz CT molecular complexity index is 1610. The molecule has 2 heterocycles. The molecule has 0 saturated carbocycles. The number of halogens is 6. The summed E-state index contributed by atoms with van der Waals surface area (Å²) in [5.74, 6) is -3.41. The summed E-state index contributed by atoms with van der Waals surface area (Å²) in [6.07, 6.45) is -3.44. The predicted octanol–water partition coefficient (Wildman–Crippen LogP) is 6.91. The standard InChI is InChI=1S/C27H15ClF5N3O3/c28-20-5-4-15(29)10-18(20)24-23-19(26(38)36-24)11-17(39-22-3-1-2-6-34-22)12-21(23)35-25(37)13-7-14(27(31,32)33)9-16(30)8-13/h1-12,24H,(H,35,37)(H,36,38). The minimum atomic E-state index is -4.90. The maximum atomic E-state index is 14.1. The van der Waals surface area contributed by atoms with Crippen LogP contribution >= 0.6 is 11.6 Å². The zero-order chi connectivity index (χ0) is 27.9. The largest absolute Gasteiger partial charge is 0.439 e. The van der Waals surface area contributed by atoms with E-state index in [1.807, 2.05) is 0 Å². The van der Waals surface area contributed by atoms with Gasteiger partial charge in [0.05, 0.1) is 22.9 Å². The molecule has 5 rings (SSSR count). The number of ether oxygens (including phenoxy) is 1. The Morgan fingerprint density at radius 3 is 2.51 bits per heavy atom. The second-order valence-electron chi connectivity index (χ2n) is 8.45. The van der Waals surface area contributed by atoms with Gasteiger partial charge in [0.15, 0.2) is 0 Å². The van der Waals surface area contributed by atoms with E-state index in [1.165, 1.54) is 30.5 Å². The van der Waals surface area contributed by atoms with E-state index in [2.05, 4.69) is 15.6 Å². The van der Waals surface area contributed by atoms with Crippen LogP contribution < -0.4 is 15.4 Å². The number of hydrogen-bond acceptors (Lipinski definition) is 4. The molecule has 3 aromatic carbocycles. The van der Waals surface area contributed by atoms with Crippen LogP contribution in [0.5, 0.6) is 11.6 Å². The average molecular weight is 560 g/mol. The van der Waals surface area contributed by atoms with Crippen molar-refractivity contribution in [3.05, 3.63) is 117 Å². The highest BCUT2D eigenvalue weighted by Crippen LogP contribution is 2.42. The van der Waals surface area contributed by atoms with Gasteiger partial charge in [-0.2, -0.15) is 13.2 Å². The van der Waals surface area contributed by atoms with Gasteiger partial charge in [0.25, 0.3) is 11.8 Å². The summed E-state index contributed by atoms with van der Waals surface area (Å²) in [4.78, 5) is 30.1. The number of alkyl halides is 3.